The van der Waals surface area contributed by atoms with Gasteiger partial charge in [-0.05, 0) is 50.1 Å². The largest absolute Gasteiger partial charge is 0.368 e. The van der Waals surface area contributed by atoms with E-state index in [9.17, 15) is 18.0 Å². The number of hydrogen-bond donors (Lipinski definition) is 0. The number of carbonyl (C=O) groups excluding carboxylic acids is 2. The van der Waals surface area contributed by atoms with Gasteiger partial charge in [0.25, 0.3) is 21.8 Å². The van der Waals surface area contributed by atoms with E-state index in [1.54, 1.807) is 41.0 Å². The predicted molar refractivity (Wildman–Crippen MR) is 130 cm³/mol. The first-order valence-electron chi connectivity index (χ1n) is 11.4. The monoisotopic (exact) mass is 505 g/mol. The Morgan fingerprint density at radius 3 is 2.35 bits per heavy atom. The Labute approximate surface area is 205 Å². The number of amides is 2. The summed E-state index contributed by atoms with van der Waals surface area (Å²) in [5.74, 6) is -0.384. The molecule has 2 heterocycles. The lowest BCUT2D eigenvalue weighted by Crippen LogP contribution is -2.52. The highest BCUT2D eigenvalue weighted by molar-refractivity contribution is 7.92. The summed E-state index contributed by atoms with van der Waals surface area (Å²) in [7, 11) is -3.90. The van der Waals surface area contributed by atoms with Gasteiger partial charge in [-0.2, -0.15) is 0 Å². The molecule has 2 fully saturated rings. The molecule has 2 aromatic rings. The second-order valence-electron chi connectivity index (χ2n) is 8.27. The SMILES string of the molecule is CCN(c1ccccc1)S(=O)(=O)c1ccc(Cl)c(C(=O)N2CCN(C(=O)[C@@H]3CCCO3)CC2)c1. The van der Waals surface area contributed by atoms with E-state index in [1.165, 1.54) is 22.5 Å². The zero-order valence-corrected chi connectivity index (χ0v) is 20.6. The van der Waals surface area contributed by atoms with Crippen LogP contribution in [0.4, 0.5) is 5.69 Å². The van der Waals surface area contributed by atoms with Gasteiger partial charge in [0.2, 0.25) is 0 Å². The number of hydrogen-bond acceptors (Lipinski definition) is 5. The molecule has 2 aliphatic heterocycles. The number of nitrogens with zero attached hydrogens (tertiary/aromatic N) is 3. The van der Waals surface area contributed by atoms with Gasteiger partial charge in [-0.25, -0.2) is 8.42 Å². The summed E-state index contributed by atoms with van der Waals surface area (Å²) in [5, 5.41) is 0.185. The highest BCUT2D eigenvalue weighted by Gasteiger charge is 2.32. The lowest BCUT2D eigenvalue weighted by atomic mass is 10.1. The number of rotatable bonds is 6. The molecule has 2 aliphatic rings. The molecular weight excluding hydrogens is 478 g/mol. The van der Waals surface area contributed by atoms with Crippen LogP contribution in [0.1, 0.15) is 30.1 Å². The maximum Gasteiger partial charge on any atom is 0.264 e. The summed E-state index contributed by atoms with van der Waals surface area (Å²) >= 11 is 6.32. The molecule has 0 spiro atoms. The van der Waals surface area contributed by atoms with Gasteiger partial charge in [-0.15, -0.1) is 0 Å². The summed E-state index contributed by atoms with van der Waals surface area (Å²) in [4.78, 5) is 29.1. The van der Waals surface area contributed by atoms with E-state index in [1.807, 2.05) is 6.07 Å². The fourth-order valence-electron chi connectivity index (χ4n) is 4.32. The molecule has 1 atom stereocenters. The van der Waals surface area contributed by atoms with Crippen molar-refractivity contribution in [3.63, 3.8) is 0 Å². The fourth-order valence-corrected chi connectivity index (χ4v) is 6.02. The number of para-hydroxylation sites is 1. The van der Waals surface area contributed by atoms with Gasteiger partial charge in [0, 0.05) is 39.3 Å². The molecule has 0 unspecified atom stereocenters. The first kappa shape index (κ1) is 24.5. The van der Waals surface area contributed by atoms with Gasteiger partial charge in [-0.3, -0.25) is 13.9 Å². The van der Waals surface area contributed by atoms with Gasteiger partial charge >= 0.3 is 0 Å². The molecular formula is C24H28ClN3O5S. The third kappa shape index (κ3) is 4.92. The second-order valence-corrected chi connectivity index (χ2v) is 10.5. The number of ether oxygens (including phenoxy) is 1. The molecule has 0 aromatic heterocycles. The van der Waals surface area contributed by atoms with Gasteiger partial charge < -0.3 is 14.5 Å². The Hall–Kier alpha value is -2.62. The number of sulfonamides is 1. The van der Waals surface area contributed by atoms with Crippen LogP contribution in [0.25, 0.3) is 0 Å². The smallest absolute Gasteiger partial charge is 0.264 e. The highest BCUT2D eigenvalue weighted by Crippen LogP contribution is 2.28. The zero-order valence-electron chi connectivity index (χ0n) is 19.0. The second kappa shape index (κ2) is 10.3. The average molecular weight is 506 g/mol. The van der Waals surface area contributed by atoms with E-state index in [0.717, 1.165) is 12.8 Å². The standard InChI is InChI=1S/C24H28ClN3O5S/c1-2-28(18-7-4-3-5-8-18)34(31,32)19-10-11-21(25)20(17-19)23(29)26-12-14-27(15-13-26)24(30)22-9-6-16-33-22/h3-5,7-8,10-11,17,22H,2,6,9,12-16H2,1H3/t22-/m0/s1. The molecule has 0 N–H and O–H groups in total. The van der Waals surface area contributed by atoms with Crippen LogP contribution in [0.15, 0.2) is 53.4 Å². The van der Waals surface area contributed by atoms with E-state index < -0.39 is 10.0 Å². The Morgan fingerprint density at radius 1 is 1.06 bits per heavy atom. The maximum absolute atomic E-state index is 13.4. The van der Waals surface area contributed by atoms with E-state index in [4.69, 9.17) is 16.3 Å². The van der Waals surface area contributed by atoms with E-state index in [0.29, 0.717) is 38.5 Å². The molecule has 34 heavy (non-hydrogen) atoms. The third-order valence-corrected chi connectivity index (χ3v) is 8.40. The Bertz CT molecular complexity index is 1140. The van der Waals surface area contributed by atoms with Crippen molar-refractivity contribution < 1.29 is 22.7 Å². The number of halogens is 1. The molecule has 10 heteroatoms. The summed E-state index contributed by atoms with van der Waals surface area (Å²) in [6, 6.07) is 13.0. The molecule has 0 radical (unpaired) electrons. The normalized spacial score (nSPS) is 18.7. The summed E-state index contributed by atoms with van der Waals surface area (Å²) in [6.45, 7) is 4.08. The summed E-state index contributed by atoms with van der Waals surface area (Å²) in [6.07, 6.45) is 1.23. The molecule has 8 nitrogen and oxygen atoms in total. The van der Waals surface area contributed by atoms with Gasteiger partial charge in [0.1, 0.15) is 6.10 Å². The first-order valence-corrected chi connectivity index (χ1v) is 13.2. The number of benzene rings is 2. The molecule has 2 saturated heterocycles. The molecule has 4 rings (SSSR count). The number of piperazine rings is 1. The van der Waals surface area contributed by atoms with Crippen molar-refractivity contribution in [2.24, 2.45) is 0 Å². The van der Waals surface area contributed by atoms with Crippen molar-refractivity contribution in [2.45, 2.75) is 30.8 Å². The topological polar surface area (TPSA) is 87.2 Å². The highest BCUT2D eigenvalue weighted by atomic mass is 35.5. The number of carbonyl (C=O) groups is 2. The van der Waals surface area contributed by atoms with Crippen LogP contribution in [0.2, 0.25) is 5.02 Å². The fraction of sp³-hybridized carbons (Fsp3) is 0.417. The van der Waals surface area contributed by atoms with Gasteiger partial charge in [-0.1, -0.05) is 29.8 Å². The lowest BCUT2D eigenvalue weighted by Gasteiger charge is -2.36. The van der Waals surface area contributed by atoms with Crippen molar-refractivity contribution in [3.05, 3.63) is 59.1 Å². The average Bonchev–Trinajstić information content (AvgIpc) is 3.39. The Balaban J connectivity index is 1.51. The first-order chi connectivity index (χ1) is 16.3. The maximum atomic E-state index is 13.4. The quantitative estimate of drug-likeness (QED) is 0.602. The Kier molecular flexibility index (Phi) is 7.45. The van der Waals surface area contributed by atoms with Crippen LogP contribution < -0.4 is 4.31 Å². The van der Waals surface area contributed by atoms with Crippen molar-refractivity contribution >= 4 is 39.1 Å². The van der Waals surface area contributed by atoms with Crippen molar-refractivity contribution in [3.8, 4) is 0 Å². The summed E-state index contributed by atoms with van der Waals surface area (Å²) < 4.78 is 33.5. The van der Waals surface area contributed by atoms with Crippen molar-refractivity contribution in [1.82, 2.24) is 9.80 Å². The zero-order chi connectivity index (χ0) is 24.3. The minimum absolute atomic E-state index is 0.00171. The van der Waals surface area contributed by atoms with Crippen LogP contribution in [-0.4, -0.2) is 75.5 Å². The molecule has 2 aromatic carbocycles. The third-order valence-electron chi connectivity index (χ3n) is 6.17. The Morgan fingerprint density at radius 2 is 1.74 bits per heavy atom. The predicted octanol–water partition coefficient (Wildman–Crippen LogP) is 3.02. The van der Waals surface area contributed by atoms with Crippen molar-refractivity contribution in [2.75, 3.05) is 43.6 Å². The van der Waals surface area contributed by atoms with Crippen LogP contribution in [0.3, 0.4) is 0 Å². The van der Waals surface area contributed by atoms with Gasteiger partial charge in [0.15, 0.2) is 0 Å². The molecule has 0 saturated carbocycles. The van der Waals surface area contributed by atoms with Crippen LogP contribution >= 0.6 is 11.6 Å². The van der Waals surface area contributed by atoms with Crippen LogP contribution in [-0.2, 0) is 19.6 Å². The molecule has 0 aliphatic carbocycles. The van der Waals surface area contributed by atoms with Crippen LogP contribution in [0.5, 0.6) is 0 Å². The minimum atomic E-state index is -3.90. The molecule has 2 amide bonds. The molecule has 182 valence electrons. The van der Waals surface area contributed by atoms with E-state index in [-0.39, 0.29) is 39.9 Å². The molecule has 0 bridgehead atoms. The number of anilines is 1. The van der Waals surface area contributed by atoms with Gasteiger partial charge in [0.05, 0.1) is 21.2 Å². The lowest BCUT2D eigenvalue weighted by molar-refractivity contribution is -0.142. The van der Waals surface area contributed by atoms with E-state index in [2.05, 4.69) is 0 Å². The van der Waals surface area contributed by atoms with E-state index >= 15 is 0 Å². The van der Waals surface area contributed by atoms with Crippen molar-refractivity contribution in [1.29, 1.82) is 0 Å². The minimum Gasteiger partial charge on any atom is -0.368 e. The van der Waals surface area contributed by atoms with Crippen LogP contribution in [0, 0.1) is 0 Å². The summed E-state index contributed by atoms with van der Waals surface area (Å²) in [5.41, 5.74) is 0.672.